The molecule has 2 heterocycles. The molecular weight excluding hydrogens is 370 g/mol. The molecule has 0 saturated carbocycles. The van der Waals surface area contributed by atoms with Crippen molar-refractivity contribution >= 4 is 26.9 Å². The van der Waals surface area contributed by atoms with Gasteiger partial charge in [0.05, 0.1) is 27.8 Å². The Morgan fingerprint density at radius 1 is 1.11 bits per heavy atom. The lowest BCUT2D eigenvalue weighted by atomic mass is 10.1. The fourth-order valence-electron chi connectivity index (χ4n) is 3.44. The highest BCUT2D eigenvalue weighted by atomic mass is 32.2. The summed E-state index contributed by atoms with van der Waals surface area (Å²) < 4.78 is 27.0. The molecular formula is C22H21N3O2S. The molecule has 3 aromatic rings. The highest BCUT2D eigenvalue weighted by Crippen LogP contribution is 2.23. The van der Waals surface area contributed by atoms with E-state index in [4.69, 9.17) is 5.26 Å². The smallest absolute Gasteiger partial charge is 0.182 e. The van der Waals surface area contributed by atoms with E-state index < -0.39 is 9.84 Å². The van der Waals surface area contributed by atoms with Crippen LogP contribution in [-0.2, 0) is 16.4 Å². The second-order valence-electron chi connectivity index (χ2n) is 7.01. The molecule has 28 heavy (non-hydrogen) atoms. The molecule has 0 atom stereocenters. The molecule has 1 aliphatic heterocycles. The van der Waals surface area contributed by atoms with Crippen molar-refractivity contribution in [2.75, 3.05) is 18.8 Å². The second-order valence-corrected chi connectivity index (χ2v) is 9.04. The number of sulfone groups is 1. The van der Waals surface area contributed by atoms with Gasteiger partial charge in [0.25, 0.3) is 0 Å². The Hall–Kier alpha value is -2.88. The maximum Gasteiger partial charge on any atom is 0.182 e. The monoisotopic (exact) mass is 391 g/mol. The highest BCUT2D eigenvalue weighted by Gasteiger charge is 2.16. The van der Waals surface area contributed by atoms with E-state index in [9.17, 15) is 8.42 Å². The maximum atomic E-state index is 12.5. The van der Waals surface area contributed by atoms with Crippen LogP contribution in [0.2, 0.25) is 0 Å². The summed E-state index contributed by atoms with van der Waals surface area (Å²) in [4.78, 5) is 2.59. The van der Waals surface area contributed by atoms with E-state index in [-0.39, 0.29) is 10.6 Å². The molecule has 0 unspecified atom stereocenters. The maximum absolute atomic E-state index is 12.5. The van der Waals surface area contributed by atoms with Crippen LogP contribution in [0.1, 0.15) is 17.5 Å². The van der Waals surface area contributed by atoms with E-state index in [0.29, 0.717) is 5.56 Å². The van der Waals surface area contributed by atoms with Gasteiger partial charge in [0.1, 0.15) is 0 Å². The van der Waals surface area contributed by atoms with Crippen molar-refractivity contribution in [2.24, 2.45) is 0 Å². The number of benzene rings is 2. The molecule has 6 heteroatoms. The molecule has 1 aliphatic rings. The number of hydrogen-bond acceptors (Lipinski definition) is 4. The lowest BCUT2D eigenvalue weighted by Crippen LogP contribution is -2.36. The van der Waals surface area contributed by atoms with Crippen LogP contribution in [0.5, 0.6) is 0 Å². The minimum absolute atomic E-state index is 0.116. The quantitative estimate of drug-likeness (QED) is 0.643. The number of fused-ring (bicyclic) bond motifs is 1. The van der Waals surface area contributed by atoms with Gasteiger partial charge in [0.2, 0.25) is 0 Å². The molecule has 0 aliphatic carbocycles. The molecule has 1 fully saturated rings. The van der Waals surface area contributed by atoms with Crippen LogP contribution in [-0.4, -0.2) is 36.7 Å². The average molecular weight is 391 g/mol. The summed E-state index contributed by atoms with van der Waals surface area (Å²) >= 11 is 0. The van der Waals surface area contributed by atoms with E-state index in [2.05, 4.69) is 17.0 Å². The predicted octanol–water partition coefficient (Wildman–Crippen LogP) is 3.66. The van der Waals surface area contributed by atoms with Crippen LogP contribution < -0.4 is 0 Å². The highest BCUT2D eigenvalue weighted by molar-refractivity contribution is 7.91. The first-order valence-electron chi connectivity index (χ1n) is 9.27. The Labute approximate surface area is 165 Å². The third kappa shape index (κ3) is 3.72. The molecule has 1 saturated heterocycles. The number of hydrogen-bond donors (Lipinski definition) is 0. The van der Waals surface area contributed by atoms with Gasteiger partial charge in [-0.2, -0.15) is 5.26 Å². The first kappa shape index (κ1) is 18.5. The molecule has 0 spiro atoms. The first-order valence-corrected chi connectivity index (χ1v) is 10.9. The Kier molecular flexibility index (Phi) is 5.03. The number of likely N-dealkylation sites (tertiary alicyclic amines) is 1. The van der Waals surface area contributed by atoms with E-state index in [1.807, 2.05) is 29.0 Å². The Morgan fingerprint density at radius 3 is 2.68 bits per heavy atom. The molecule has 1 aromatic heterocycles. The Bertz CT molecular complexity index is 1180. The summed E-state index contributed by atoms with van der Waals surface area (Å²) in [6.07, 6.45) is 6.67. The van der Waals surface area contributed by atoms with Gasteiger partial charge in [0.15, 0.2) is 9.84 Å². The fraction of sp³-hybridized carbons (Fsp3) is 0.227. The first-order chi connectivity index (χ1) is 13.6. The normalized spacial score (nSPS) is 15.0. The molecule has 0 amide bonds. The molecule has 0 N–H and O–H groups in total. The van der Waals surface area contributed by atoms with Gasteiger partial charge in [-0.1, -0.05) is 24.3 Å². The van der Waals surface area contributed by atoms with Gasteiger partial charge >= 0.3 is 0 Å². The van der Waals surface area contributed by atoms with Crippen LogP contribution in [0.3, 0.4) is 0 Å². The van der Waals surface area contributed by atoms with E-state index in [0.717, 1.165) is 25.2 Å². The Balaban J connectivity index is 1.54. The summed E-state index contributed by atoms with van der Waals surface area (Å²) in [5.74, 6) is -0.116. The van der Waals surface area contributed by atoms with Crippen molar-refractivity contribution in [3.63, 3.8) is 0 Å². The second kappa shape index (κ2) is 7.63. The van der Waals surface area contributed by atoms with Crippen molar-refractivity contribution in [3.05, 3.63) is 71.9 Å². The molecule has 142 valence electrons. The zero-order chi connectivity index (χ0) is 19.6. The predicted molar refractivity (Wildman–Crippen MR) is 110 cm³/mol. The largest absolute Gasteiger partial charge is 0.324 e. The standard InChI is InChI=1S/C22H21N3O2S/c23-16-18-5-1-7-20(15-18)28(26,27)14-4-12-25-13-9-21-19(6-2-8-22(21)25)17-24-10-3-11-24/h1-2,4-9,12-13,15H,3,10-11,14,17H2. The van der Waals surface area contributed by atoms with Crippen molar-refractivity contribution in [2.45, 2.75) is 17.9 Å². The third-order valence-corrected chi connectivity index (χ3v) is 6.70. The molecule has 0 bridgehead atoms. The number of nitrogens with zero attached hydrogens (tertiary/aromatic N) is 3. The number of nitriles is 1. The summed E-state index contributed by atoms with van der Waals surface area (Å²) in [5.41, 5.74) is 2.71. The fourth-order valence-corrected chi connectivity index (χ4v) is 4.56. The van der Waals surface area contributed by atoms with Crippen LogP contribution in [0.4, 0.5) is 0 Å². The van der Waals surface area contributed by atoms with Crippen molar-refractivity contribution in [1.29, 1.82) is 5.26 Å². The number of aromatic nitrogens is 1. The van der Waals surface area contributed by atoms with Gasteiger partial charge in [-0.25, -0.2) is 8.42 Å². The lowest BCUT2D eigenvalue weighted by Gasteiger charge is -2.30. The molecule has 4 rings (SSSR count). The molecule has 0 radical (unpaired) electrons. The average Bonchev–Trinajstić information content (AvgIpc) is 3.08. The van der Waals surface area contributed by atoms with Gasteiger partial charge in [0, 0.05) is 24.3 Å². The van der Waals surface area contributed by atoms with E-state index in [1.54, 1.807) is 24.4 Å². The third-order valence-electron chi connectivity index (χ3n) is 5.10. The van der Waals surface area contributed by atoms with E-state index in [1.165, 1.54) is 29.5 Å². The van der Waals surface area contributed by atoms with Crippen LogP contribution in [0, 0.1) is 11.3 Å². The minimum atomic E-state index is -3.48. The zero-order valence-electron chi connectivity index (χ0n) is 15.5. The van der Waals surface area contributed by atoms with Crippen molar-refractivity contribution in [1.82, 2.24) is 9.47 Å². The summed E-state index contributed by atoms with van der Waals surface area (Å²) in [6, 6.07) is 16.4. The molecule has 5 nitrogen and oxygen atoms in total. The van der Waals surface area contributed by atoms with Gasteiger partial charge < -0.3 is 4.57 Å². The summed E-state index contributed by atoms with van der Waals surface area (Å²) in [6.45, 7) is 3.26. The van der Waals surface area contributed by atoms with Crippen molar-refractivity contribution in [3.8, 4) is 6.07 Å². The van der Waals surface area contributed by atoms with Gasteiger partial charge in [-0.3, -0.25) is 4.90 Å². The van der Waals surface area contributed by atoms with Crippen molar-refractivity contribution < 1.29 is 8.42 Å². The summed E-state index contributed by atoms with van der Waals surface area (Å²) in [7, 11) is -3.48. The topological polar surface area (TPSA) is 66.1 Å². The zero-order valence-corrected chi connectivity index (χ0v) is 16.3. The number of rotatable bonds is 6. The Morgan fingerprint density at radius 2 is 1.93 bits per heavy atom. The minimum Gasteiger partial charge on any atom is -0.324 e. The van der Waals surface area contributed by atoms with Gasteiger partial charge in [-0.15, -0.1) is 0 Å². The lowest BCUT2D eigenvalue weighted by molar-refractivity contribution is 0.173. The van der Waals surface area contributed by atoms with Crippen LogP contribution in [0.15, 0.2) is 65.7 Å². The molecule has 2 aromatic carbocycles. The SMILES string of the molecule is N#Cc1cccc(S(=O)(=O)CC=Cn2ccc3c(CN4CCC4)cccc32)c1. The summed E-state index contributed by atoms with van der Waals surface area (Å²) in [5, 5.41) is 10.2. The van der Waals surface area contributed by atoms with Crippen LogP contribution >= 0.6 is 0 Å². The van der Waals surface area contributed by atoms with Gasteiger partial charge in [-0.05, 0) is 55.4 Å². The van der Waals surface area contributed by atoms with E-state index >= 15 is 0 Å². The van der Waals surface area contributed by atoms with Crippen LogP contribution in [0.25, 0.3) is 17.1 Å².